The molecule has 2 fully saturated rings. The summed E-state index contributed by atoms with van der Waals surface area (Å²) in [7, 11) is 1.77. The summed E-state index contributed by atoms with van der Waals surface area (Å²) in [4.78, 5) is 42.8. The molecule has 0 unspecified atom stereocenters. The largest absolute Gasteiger partial charge is 0.472 e. The summed E-state index contributed by atoms with van der Waals surface area (Å²) in [5, 5.41) is 0. The van der Waals surface area contributed by atoms with Gasteiger partial charge in [-0.05, 0) is 32.8 Å². The van der Waals surface area contributed by atoms with Crippen LogP contribution in [0.1, 0.15) is 37.0 Å². The second kappa shape index (κ2) is 6.54. The van der Waals surface area contributed by atoms with Crippen LogP contribution in [0.5, 0.6) is 0 Å². The number of hydrogen-bond acceptors (Lipinski definition) is 4. The normalized spacial score (nSPS) is 21.6. The number of likely N-dealkylation sites (N-methyl/N-ethyl adjacent to an activating group) is 1. The standard InChI is InChI=1S/C18H25N3O4/c1-18(2)17(24)19(3)9-10-21(18)16(23)13-4-7-20(8-5-13)15(22)14-6-11-25-12-14/h6,11-13H,4-5,7-10H2,1-3H3. The number of amides is 3. The van der Waals surface area contributed by atoms with Gasteiger partial charge in [-0.25, -0.2) is 0 Å². The SMILES string of the molecule is CN1CCN(C(=O)C2CCN(C(=O)c3ccoc3)CC2)C(C)(C)C1=O. The lowest BCUT2D eigenvalue weighted by molar-refractivity contribution is -0.160. The minimum Gasteiger partial charge on any atom is -0.472 e. The van der Waals surface area contributed by atoms with E-state index in [2.05, 4.69) is 0 Å². The van der Waals surface area contributed by atoms with Crippen LogP contribution in [-0.2, 0) is 9.59 Å². The van der Waals surface area contributed by atoms with Crippen LogP contribution in [0.15, 0.2) is 23.0 Å². The minimum atomic E-state index is -0.812. The number of carbonyl (C=O) groups is 3. The first kappa shape index (κ1) is 17.5. The molecule has 0 aromatic carbocycles. The molecule has 1 aromatic rings. The molecular weight excluding hydrogens is 322 g/mol. The fraction of sp³-hybridized carbons (Fsp3) is 0.611. The molecule has 0 atom stereocenters. The van der Waals surface area contributed by atoms with Gasteiger partial charge < -0.3 is 19.1 Å². The van der Waals surface area contributed by atoms with Gasteiger partial charge in [0, 0.05) is 39.1 Å². The molecule has 7 heteroatoms. The smallest absolute Gasteiger partial charge is 0.257 e. The first-order valence-corrected chi connectivity index (χ1v) is 8.71. The van der Waals surface area contributed by atoms with Gasteiger partial charge in [-0.1, -0.05) is 0 Å². The van der Waals surface area contributed by atoms with Crippen molar-refractivity contribution in [1.29, 1.82) is 0 Å². The van der Waals surface area contributed by atoms with Crippen molar-refractivity contribution in [2.45, 2.75) is 32.2 Å². The zero-order valence-electron chi connectivity index (χ0n) is 15.0. The Bertz CT molecular complexity index is 660. The molecule has 2 aliphatic rings. The Balaban J connectivity index is 1.62. The van der Waals surface area contributed by atoms with Crippen LogP contribution in [0.25, 0.3) is 0 Å². The van der Waals surface area contributed by atoms with Crippen molar-refractivity contribution in [2.24, 2.45) is 5.92 Å². The first-order chi connectivity index (χ1) is 11.8. The minimum absolute atomic E-state index is 0.0281. The van der Waals surface area contributed by atoms with E-state index in [0.717, 1.165) is 0 Å². The highest BCUT2D eigenvalue weighted by molar-refractivity contribution is 5.94. The third kappa shape index (κ3) is 3.15. The van der Waals surface area contributed by atoms with Crippen molar-refractivity contribution >= 4 is 17.7 Å². The molecule has 0 spiro atoms. The predicted octanol–water partition coefficient (Wildman–Crippen LogP) is 1.21. The molecule has 0 bridgehead atoms. The number of nitrogens with zero attached hydrogens (tertiary/aromatic N) is 3. The zero-order chi connectivity index (χ0) is 18.2. The van der Waals surface area contributed by atoms with Gasteiger partial charge >= 0.3 is 0 Å². The fourth-order valence-corrected chi connectivity index (χ4v) is 3.72. The molecule has 3 amide bonds. The second-order valence-corrected chi connectivity index (χ2v) is 7.35. The quantitative estimate of drug-likeness (QED) is 0.806. The first-order valence-electron chi connectivity index (χ1n) is 8.71. The van der Waals surface area contributed by atoms with Crippen LogP contribution in [0.3, 0.4) is 0 Å². The Kier molecular flexibility index (Phi) is 4.58. The molecule has 25 heavy (non-hydrogen) atoms. The average Bonchev–Trinajstić information content (AvgIpc) is 3.13. The number of piperazine rings is 1. The van der Waals surface area contributed by atoms with Crippen LogP contribution >= 0.6 is 0 Å². The summed E-state index contributed by atoms with van der Waals surface area (Å²) in [6, 6.07) is 1.65. The highest BCUT2D eigenvalue weighted by atomic mass is 16.3. The third-order valence-corrected chi connectivity index (χ3v) is 5.37. The maximum Gasteiger partial charge on any atom is 0.257 e. The number of likely N-dealkylation sites (tertiary alicyclic amines) is 1. The molecule has 0 aliphatic carbocycles. The summed E-state index contributed by atoms with van der Waals surface area (Å²) in [6.07, 6.45) is 4.17. The van der Waals surface area contributed by atoms with Gasteiger partial charge in [0.25, 0.3) is 5.91 Å². The average molecular weight is 347 g/mol. The Hall–Kier alpha value is -2.31. The number of carbonyl (C=O) groups excluding carboxylic acids is 3. The summed E-state index contributed by atoms with van der Waals surface area (Å²) < 4.78 is 4.96. The molecule has 136 valence electrons. The number of furan rings is 1. The van der Waals surface area contributed by atoms with Gasteiger partial charge in [-0.15, -0.1) is 0 Å². The summed E-state index contributed by atoms with van der Waals surface area (Å²) in [5.41, 5.74) is -0.274. The second-order valence-electron chi connectivity index (χ2n) is 7.35. The number of hydrogen-bond donors (Lipinski definition) is 0. The maximum absolute atomic E-state index is 13.0. The van der Waals surface area contributed by atoms with Gasteiger partial charge in [0.1, 0.15) is 11.8 Å². The molecule has 2 aliphatic heterocycles. The fourth-order valence-electron chi connectivity index (χ4n) is 3.72. The predicted molar refractivity (Wildman–Crippen MR) is 90.8 cm³/mol. The summed E-state index contributed by atoms with van der Waals surface area (Å²) in [5.74, 6) is -0.194. The van der Waals surface area contributed by atoms with Crippen molar-refractivity contribution < 1.29 is 18.8 Å². The van der Waals surface area contributed by atoms with Crippen molar-refractivity contribution in [2.75, 3.05) is 33.2 Å². The topological polar surface area (TPSA) is 74.1 Å². The van der Waals surface area contributed by atoms with Crippen LogP contribution in [-0.4, -0.2) is 71.2 Å². The lowest BCUT2D eigenvalue weighted by atomic mass is 9.90. The lowest BCUT2D eigenvalue weighted by Crippen LogP contribution is -2.64. The Morgan fingerprint density at radius 3 is 2.44 bits per heavy atom. The van der Waals surface area contributed by atoms with Crippen molar-refractivity contribution in [3.05, 3.63) is 24.2 Å². The molecule has 0 saturated carbocycles. The van der Waals surface area contributed by atoms with Crippen molar-refractivity contribution in [3.63, 3.8) is 0 Å². The van der Waals surface area contributed by atoms with E-state index < -0.39 is 5.54 Å². The molecular formula is C18H25N3O4. The van der Waals surface area contributed by atoms with Crippen LogP contribution in [0.2, 0.25) is 0 Å². The van der Waals surface area contributed by atoms with Gasteiger partial charge in [0.05, 0.1) is 11.8 Å². The van der Waals surface area contributed by atoms with Gasteiger partial charge in [0.15, 0.2) is 0 Å². The monoisotopic (exact) mass is 347 g/mol. The summed E-state index contributed by atoms with van der Waals surface area (Å²) >= 11 is 0. The highest BCUT2D eigenvalue weighted by Crippen LogP contribution is 2.28. The van der Waals surface area contributed by atoms with E-state index >= 15 is 0 Å². The lowest BCUT2D eigenvalue weighted by Gasteiger charge is -2.46. The van der Waals surface area contributed by atoms with E-state index in [4.69, 9.17) is 4.42 Å². The van der Waals surface area contributed by atoms with E-state index in [1.54, 1.807) is 41.7 Å². The highest BCUT2D eigenvalue weighted by Gasteiger charge is 2.45. The molecule has 3 heterocycles. The van der Waals surface area contributed by atoms with Gasteiger partial charge in [-0.3, -0.25) is 14.4 Å². The Morgan fingerprint density at radius 2 is 1.84 bits per heavy atom. The number of rotatable bonds is 2. The molecule has 1 aromatic heterocycles. The van der Waals surface area contributed by atoms with Crippen molar-refractivity contribution in [3.8, 4) is 0 Å². The van der Waals surface area contributed by atoms with Crippen LogP contribution < -0.4 is 0 Å². The van der Waals surface area contributed by atoms with Gasteiger partial charge in [-0.2, -0.15) is 0 Å². The van der Waals surface area contributed by atoms with E-state index in [0.29, 0.717) is 44.6 Å². The van der Waals surface area contributed by atoms with Gasteiger partial charge in [0.2, 0.25) is 11.8 Å². The Morgan fingerprint density at radius 1 is 1.16 bits per heavy atom. The molecule has 2 saturated heterocycles. The molecule has 7 nitrogen and oxygen atoms in total. The Labute approximate surface area is 147 Å². The van der Waals surface area contributed by atoms with E-state index in [1.807, 2.05) is 0 Å². The third-order valence-electron chi connectivity index (χ3n) is 5.37. The summed E-state index contributed by atoms with van der Waals surface area (Å²) in [6.45, 7) is 5.82. The van der Waals surface area contributed by atoms with E-state index in [-0.39, 0.29) is 23.6 Å². The molecule has 0 N–H and O–H groups in total. The van der Waals surface area contributed by atoms with Crippen LogP contribution in [0, 0.1) is 5.92 Å². The number of piperidine rings is 1. The van der Waals surface area contributed by atoms with E-state index in [1.165, 1.54) is 12.5 Å². The van der Waals surface area contributed by atoms with Crippen molar-refractivity contribution in [1.82, 2.24) is 14.7 Å². The van der Waals surface area contributed by atoms with E-state index in [9.17, 15) is 14.4 Å². The molecule has 3 rings (SSSR count). The maximum atomic E-state index is 13.0. The zero-order valence-corrected chi connectivity index (χ0v) is 15.0. The molecule has 0 radical (unpaired) electrons. The van der Waals surface area contributed by atoms with Crippen LogP contribution in [0.4, 0.5) is 0 Å².